The Morgan fingerprint density at radius 2 is 2.29 bits per heavy atom. The van der Waals surface area contributed by atoms with Gasteiger partial charge in [-0.15, -0.1) is 0 Å². The number of carboxylic acids is 1. The Morgan fingerprint density at radius 3 is 2.94 bits per heavy atom. The number of aliphatic carboxylic acids is 1. The van der Waals surface area contributed by atoms with Crippen molar-refractivity contribution in [3.8, 4) is 0 Å². The molecule has 0 unspecified atom stereocenters. The first kappa shape index (κ1) is 11.7. The fourth-order valence-corrected chi connectivity index (χ4v) is 1.67. The molecule has 0 radical (unpaired) electrons. The second kappa shape index (κ2) is 3.89. The van der Waals surface area contributed by atoms with Gasteiger partial charge in [0.2, 0.25) is 0 Å². The van der Waals surface area contributed by atoms with Gasteiger partial charge in [0.05, 0.1) is 5.70 Å². The number of fused-ring (bicyclic) bond motifs is 1. The first-order chi connectivity index (χ1) is 7.89. The molecule has 17 heavy (non-hydrogen) atoms. The summed E-state index contributed by atoms with van der Waals surface area (Å²) in [6.07, 6.45) is 4.22. The number of alkyl halides is 2. The van der Waals surface area contributed by atoms with E-state index >= 15 is 0 Å². The number of carbonyl (C=O) groups is 1. The van der Waals surface area contributed by atoms with Gasteiger partial charge in [0.25, 0.3) is 5.92 Å². The van der Waals surface area contributed by atoms with Gasteiger partial charge in [-0.1, -0.05) is 6.08 Å². The van der Waals surface area contributed by atoms with Gasteiger partial charge in [-0.25, -0.2) is 0 Å². The van der Waals surface area contributed by atoms with E-state index in [0.29, 0.717) is 11.1 Å². The first-order valence-corrected chi connectivity index (χ1v) is 4.95. The maximum absolute atomic E-state index is 13.0. The molecule has 4 nitrogen and oxygen atoms in total. The standard InChI is InChI=1S/C11H10F2N2O2/c12-11(13)2-1-7-6(3-8(14)10(16)17)5-15-9(7)4-11/h1-2,4-5,8H,3,14H2,(H,16,17)/t8-/m0/s1. The molecule has 0 fully saturated rings. The van der Waals surface area contributed by atoms with E-state index in [1.54, 1.807) is 0 Å². The van der Waals surface area contributed by atoms with Crippen molar-refractivity contribution in [2.24, 2.45) is 10.7 Å². The number of hydrogen-bond acceptors (Lipinski definition) is 3. The Bertz CT molecular complexity index is 490. The summed E-state index contributed by atoms with van der Waals surface area (Å²) in [6, 6.07) is -1.06. The molecule has 2 aliphatic rings. The predicted molar refractivity (Wildman–Crippen MR) is 57.9 cm³/mol. The monoisotopic (exact) mass is 240 g/mol. The van der Waals surface area contributed by atoms with Crippen LogP contribution >= 0.6 is 0 Å². The average Bonchev–Trinajstić information content (AvgIpc) is 2.58. The molecule has 0 saturated heterocycles. The van der Waals surface area contributed by atoms with Crippen LogP contribution in [-0.2, 0) is 4.79 Å². The molecule has 90 valence electrons. The van der Waals surface area contributed by atoms with E-state index in [-0.39, 0.29) is 12.1 Å². The molecular formula is C11H10F2N2O2. The van der Waals surface area contributed by atoms with E-state index in [9.17, 15) is 13.6 Å². The van der Waals surface area contributed by atoms with Crippen molar-refractivity contribution in [3.63, 3.8) is 0 Å². The minimum absolute atomic E-state index is 0.0709. The summed E-state index contributed by atoms with van der Waals surface area (Å²) in [6.45, 7) is 0. The van der Waals surface area contributed by atoms with Gasteiger partial charge in [-0.05, 0) is 11.6 Å². The summed E-state index contributed by atoms with van der Waals surface area (Å²) in [5.41, 5.74) is 6.64. The van der Waals surface area contributed by atoms with Gasteiger partial charge < -0.3 is 10.8 Å². The van der Waals surface area contributed by atoms with E-state index in [1.807, 2.05) is 0 Å². The summed E-state index contributed by atoms with van der Waals surface area (Å²) in [4.78, 5) is 14.4. The Kier molecular flexibility index (Phi) is 2.66. The highest BCUT2D eigenvalue weighted by Gasteiger charge is 2.30. The number of rotatable bonds is 3. The molecule has 0 aromatic carbocycles. The molecule has 1 heterocycles. The minimum Gasteiger partial charge on any atom is -0.480 e. The van der Waals surface area contributed by atoms with E-state index in [0.717, 1.165) is 12.2 Å². The zero-order valence-corrected chi connectivity index (χ0v) is 8.73. The maximum Gasteiger partial charge on any atom is 0.320 e. The third-order valence-electron chi connectivity index (χ3n) is 2.54. The lowest BCUT2D eigenvalue weighted by Crippen LogP contribution is -2.30. The number of nitrogens with two attached hydrogens (primary N) is 1. The van der Waals surface area contributed by atoms with Crippen LogP contribution in [0.4, 0.5) is 8.78 Å². The largest absolute Gasteiger partial charge is 0.480 e. The number of carboxylic acid groups (broad SMARTS) is 1. The van der Waals surface area contributed by atoms with Crippen LogP contribution in [0.25, 0.3) is 0 Å². The average molecular weight is 240 g/mol. The fraction of sp³-hybridized carbons (Fsp3) is 0.273. The van der Waals surface area contributed by atoms with Gasteiger partial charge in [0.15, 0.2) is 0 Å². The molecule has 2 rings (SSSR count). The van der Waals surface area contributed by atoms with Crippen LogP contribution in [0.15, 0.2) is 40.1 Å². The van der Waals surface area contributed by atoms with E-state index in [1.165, 1.54) is 12.3 Å². The number of nitrogens with zero attached hydrogens (tertiary/aromatic N) is 1. The van der Waals surface area contributed by atoms with E-state index in [4.69, 9.17) is 10.8 Å². The third kappa shape index (κ3) is 2.31. The SMILES string of the molecule is N[C@@H](CC1=C2C=CC(F)(F)C=C2N=C1)C(=O)O. The molecule has 0 saturated carbocycles. The minimum atomic E-state index is -3.00. The van der Waals surface area contributed by atoms with E-state index in [2.05, 4.69) is 4.99 Å². The Hall–Kier alpha value is -1.82. The highest BCUT2D eigenvalue weighted by atomic mass is 19.3. The van der Waals surface area contributed by atoms with Gasteiger partial charge >= 0.3 is 5.97 Å². The van der Waals surface area contributed by atoms with Crippen molar-refractivity contribution in [3.05, 3.63) is 35.1 Å². The fourth-order valence-electron chi connectivity index (χ4n) is 1.67. The van der Waals surface area contributed by atoms with Gasteiger partial charge in [-0.3, -0.25) is 9.79 Å². The Morgan fingerprint density at radius 1 is 1.59 bits per heavy atom. The zero-order valence-electron chi connectivity index (χ0n) is 8.73. The normalized spacial score (nSPS) is 22.4. The lowest BCUT2D eigenvalue weighted by atomic mass is 9.97. The summed E-state index contributed by atoms with van der Waals surface area (Å²) in [5.74, 6) is -4.13. The lowest BCUT2D eigenvalue weighted by Gasteiger charge is -2.14. The smallest absolute Gasteiger partial charge is 0.320 e. The molecule has 6 heteroatoms. The van der Waals surface area contributed by atoms with Crippen LogP contribution < -0.4 is 5.73 Å². The summed E-state index contributed by atoms with van der Waals surface area (Å²) < 4.78 is 26.0. The lowest BCUT2D eigenvalue weighted by molar-refractivity contribution is -0.138. The molecule has 1 aliphatic carbocycles. The maximum atomic E-state index is 13.0. The second-order valence-corrected chi connectivity index (χ2v) is 3.88. The van der Waals surface area contributed by atoms with Crippen molar-refractivity contribution >= 4 is 12.2 Å². The van der Waals surface area contributed by atoms with Gasteiger partial charge in [0, 0.05) is 24.3 Å². The summed E-state index contributed by atoms with van der Waals surface area (Å²) in [7, 11) is 0. The number of halogens is 2. The molecular weight excluding hydrogens is 230 g/mol. The molecule has 0 amide bonds. The quantitative estimate of drug-likeness (QED) is 0.779. The van der Waals surface area contributed by atoms with Crippen molar-refractivity contribution in [2.45, 2.75) is 18.4 Å². The van der Waals surface area contributed by atoms with Crippen molar-refractivity contribution in [1.82, 2.24) is 0 Å². The molecule has 0 spiro atoms. The van der Waals surface area contributed by atoms with Gasteiger partial charge in [-0.2, -0.15) is 8.78 Å². The third-order valence-corrected chi connectivity index (χ3v) is 2.54. The highest BCUT2D eigenvalue weighted by Crippen LogP contribution is 2.34. The van der Waals surface area contributed by atoms with Crippen molar-refractivity contribution in [1.29, 1.82) is 0 Å². The second-order valence-electron chi connectivity index (χ2n) is 3.88. The topological polar surface area (TPSA) is 75.7 Å². The molecule has 1 atom stereocenters. The molecule has 1 aliphatic heterocycles. The zero-order chi connectivity index (χ0) is 12.6. The van der Waals surface area contributed by atoms with Crippen LogP contribution in [-0.4, -0.2) is 29.3 Å². The highest BCUT2D eigenvalue weighted by molar-refractivity contribution is 5.89. The van der Waals surface area contributed by atoms with Crippen LogP contribution in [0.1, 0.15) is 6.42 Å². The summed E-state index contributed by atoms with van der Waals surface area (Å²) in [5, 5.41) is 8.68. The summed E-state index contributed by atoms with van der Waals surface area (Å²) >= 11 is 0. The number of hydrogen-bond donors (Lipinski definition) is 2. The Labute approximate surface area is 95.8 Å². The van der Waals surface area contributed by atoms with Crippen molar-refractivity contribution < 1.29 is 18.7 Å². The van der Waals surface area contributed by atoms with Crippen molar-refractivity contribution in [2.75, 3.05) is 0 Å². The molecule has 0 aromatic rings. The van der Waals surface area contributed by atoms with Crippen LogP contribution in [0, 0.1) is 0 Å². The first-order valence-electron chi connectivity index (χ1n) is 4.95. The predicted octanol–water partition coefficient (Wildman–Crippen LogP) is 1.26. The van der Waals surface area contributed by atoms with Crippen LogP contribution in [0.5, 0.6) is 0 Å². The van der Waals surface area contributed by atoms with E-state index < -0.39 is 17.9 Å². The Balaban J connectivity index is 2.25. The van der Waals surface area contributed by atoms with Crippen LogP contribution in [0.2, 0.25) is 0 Å². The number of allylic oxidation sites excluding steroid dienone is 3. The molecule has 3 N–H and O–H groups in total. The molecule has 0 bridgehead atoms. The molecule has 0 aromatic heterocycles. The van der Waals surface area contributed by atoms with Crippen LogP contribution in [0.3, 0.4) is 0 Å². The van der Waals surface area contributed by atoms with Gasteiger partial charge in [0.1, 0.15) is 6.04 Å². The number of aliphatic imine (C=N–C) groups is 1.